The number of aromatic nitrogens is 2. The Balaban J connectivity index is 1.31. The maximum Gasteiger partial charge on any atom is 0.261 e. The largest absolute Gasteiger partial charge is 0.497 e. The molecule has 1 atom stereocenters. The van der Waals surface area contributed by atoms with Crippen LogP contribution in [0.1, 0.15) is 36.8 Å². The maximum absolute atomic E-state index is 12.4. The molecule has 3 aromatic rings. The fourth-order valence-corrected chi connectivity index (χ4v) is 3.53. The van der Waals surface area contributed by atoms with Crippen LogP contribution in [-0.4, -0.2) is 29.3 Å². The van der Waals surface area contributed by atoms with Crippen LogP contribution in [0.2, 0.25) is 0 Å². The summed E-state index contributed by atoms with van der Waals surface area (Å²) in [5, 5.41) is 6.75. The molecule has 0 radical (unpaired) electrons. The number of ether oxygens (including phenoxy) is 2. The summed E-state index contributed by atoms with van der Waals surface area (Å²) >= 11 is 0. The van der Waals surface area contributed by atoms with Crippen LogP contribution in [0.3, 0.4) is 0 Å². The maximum atomic E-state index is 12.4. The van der Waals surface area contributed by atoms with Gasteiger partial charge in [-0.3, -0.25) is 4.79 Å². The number of fused-ring (bicyclic) bond motifs is 1. The van der Waals surface area contributed by atoms with E-state index in [1.54, 1.807) is 14.0 Å². The van der Waals surface area contributed by atoms with Crippen LogP contribution in [0, 0.1) is 0 Å². The second-order valence-corrected chi connectivity index (χ2v) is 7.36. The molecule has 7 heteroatoms. The van der Waals surface area contributed by atoms with E-state index in [-0.39, 0.29) is 12.5 Å². The summed E-state index contributed by atoms with van der Waals surface area (Å²) in [6, 6.07) is 13.4. The Kier molecular flexibility index (Phi) is 5.97. The first kappa shape index (κ1) is 19.9. The lowest BCUT2D eigenvalue weighted by Gasteiger charge is -2.19. The fraction of sp³-hybridized carbons (Fsp3) is 0.348. The van der Waals surface area contributed by atoms with Gasteiger partial charge in [-0.15, -0.1) is 0 Å². The molecule has 1 heterocycles. The molecule has 1 aromatic heterocycles. The SMILES string of the molecule is COc1ccc(-c2noc(CNC(=O)C(C)Oc3ccc4c(c3)CCCC4)n2)cc1. The van der Waals surface area contributed by atoms with Gasteiger partial charge in [-0.25, -0.2) is 0 Å². The van der Waals surface area contributed by atoms with Crippen molar-refractivity contribution in [2.75, 3.05) is 7.11 Å². The van der Waals surface area contributed by atoms with E-state index < -0.39 is 6.10 Å². The quantitative estimate of drug-likeness (QED) is 0.643. The Bertz CT molecular complexity index is 1010. The van der Waals surface area contributed by atoms with Crippen molar-refractivity contribution < 1.29 is 18.8 Å². The molecule has 1 aliphatic rings. The second-order valence-electron chi connectivity index (χ2n) is 7.36. The fourth-order valence-electron chi connectivity index (χ4n) is 3.53. The van der Waals surface area contributed by atoms with E-state index in [9.17, 15) is 4.79 Å². The highest BCUT2D eigenvalue weighted by Crippen LogP contribution is 2.26. The van der Waals surface area contributed by atoms with Gasteiger partial charge < -0.3 is 19.3 Å². The molecule has 156 valence electrons. The van der Waals surface area contributed by atoms with Crippen molar-refractivity contribution in [2.45, 2.75) is 45.3 Å². The van der Waals surface area contributed by atoms with E-state index in [4.69, 9.17) is 14.0 Å². The van der Waals surface area contributed by atoms with Gasteiger partial charge in [0.1, 0.15) is 11.5 Å². The van der Waals surface area contributed by atoms with Crippen LogP contribution in [0.15, 0.2) is 47.0 Å². The van der Waals surface area contributed by atoms with Crippen molar-refractivity contribution in [3.05, 3.63) is 59.5 Å². The van der Waals surface area contributed by atoms with Crippen molar-refractivity contribution in [3.63, 3.8) is 0 Å². The van der Waals surface area contributed by atoms with Crippen molar-refractivity contribution >= 4 is 5.91 Å². The zero-order chi connectivity index (χ0) is 20.9. The first-order valence-electron chi connectivity index (χ1n) is 10.2. The van der Waals surface area contributed by atoms with Crippen molar-refractivity contribution in [2.24, 2.45) is 0 Å². The number of rotatable bonds is 7. The van der Waals surface area contributed by atoms with Gasteiger partial charge in [-0.2, -0.15) is 4.98 Å². The summed E-state index contributed by atoms with van der Waals surface area (Å²) in [6.07, 6.45) is 4.00. The summed E-state index contributed by atoms with van der Waals surface area (Å²) in [5.41, 5.74) is 3.51. The highest BCUT2D eigenvalue weighted by Gasteiger charge is 2.18. The van der Waals surface area contributed by atoms with Crippen LogP contribution in [0.5, 0.6) is 11.5 Å². The minimum Gasteiger partial charge on any atom is -0.497 e. The highest BCUT2D eigenvalue weighted by molar-refractivity contribution is 5.80. The monoisotopic (exact) mass is 407 g/mol. The Morgan fingerprint density at radius 1 is 1.10 bits per heavy atom. The molecule has 30 heavy (non-hydrogen) atoms. The van der Waals surface area contributed by atoms with Gasteiger partial charge in [0, 0.05) is 5.56 Å². The average Bonchev–Trinajstić information content (AvgIpc) is 3.26. The average molecular weight is 407 g/mol. The second kappa shape index (κ2) is 8.98. The van der Waals surface area contributed by atoms with Crippen LogP contribution < -0.4 is 14.8 Å². The van der Waals surface area contributed by atoms with Gasteiger partial charge >= 0.3 is 0 Å². The lowest BCUT2D eigenvalue weighted by atomic mass is 9.92. The summed E-state index contributed by atoms with van der Waals surface area (Å²) in [7, 11) is 1.61. The Hall–Kier alpha value is -3.35. The van der Waals surface area contributed by atoms with E-state index >= 15 is 0 Å². The number of aryl methyl sites for hydroxylation is 2. The van der Waals surface area contributed by atoms with Crippen molar-refractivity contribution in [3.8, 4) is 22.9 Å². The minimum atomic E-state index is -0.629. The van der Waals surface area contributed by atoms with E-state index in [1.165, 1.54) is 24.0 Å². The number of amides is 1. The smallest absolute Gasteiger partial charge is 0.261 e. The number of benzene rings is 2. The first-order chi connectivity index (χ1) is 14.6. The van der Waals surface area contributed by atoms with Crippen LogP contribution >= 0.6 is 0 Å². The molecule has 0 saturated heterocycles. The number of methoxy groups -OCH3 is 1. The number of carbonyl (C=O) groups is 1. The van der Waals surface area contributed by atoms with Gasteiger partial charge in [0.15, 0.2) is 6.10 Å². The summed E-state index contributed by atoms with van der Waals surface area (Å²) in [5.74, 6) is 2.02. The third kappa shape index (κ3) is 4.62. The molecule has 2 aromatic carbocycles. The van der Waals surface area contributed by atoms with Gasteiger partial charge in [-0.1, -0.05) is 11.2 Å². The first-order valence-corrected chi connectivity index (χ1v) is 10.2. The topological polar surface area (TPSA) is 86.5 Å². The van der Waals surface area contributed by atoms with Crippen molar-refractivity contribution in [1.29, 1.82) is 0 Å². The zero-order valence-corrected chi connectivity index (χ0v) is 17.2. The van der Waals surface area contributed by atoms with Crippen LogP contribution in [-0.2, 0) is 24.2 Å². The molecule has 0 spiro atoms. The molecule has 1 unspecified atom stereocenters. The number of nitrogens with one attached hydrogen (secondary N) is 1. The predicted molar refractivity (Wildman–Crippen MR) is 111 cm³/mol. The Morgan fingerprint density at radius 2 is 1.83 bits per heavy atom. The van der Waals surface area contributed by atoms with Gasteiger partial charge in [0.05, 0.1) is 13.7 Å². The molecule has 1 aliphatic carbocycles. The normalized spacial score (nSPS) is 13.9. The third-order valence-corrected chi connectivity index (χ3v) is 5.23. The molecule has 7 nitrogen and oxygen atoms in total. The molecule has 0 aliphatic heterocycles. The lowest BCUT2D eigenvalue weighted by Crippen LogP contribution is -2.36. The van der Waals surface area contributed by atoms with Gasteiger partial charge in [-0.05, 0) is 80.1 Å². The number of nitrogens with zero attached hydrogens (tertiary/aromatic N) is 2. The Labute approximate surface area is 175 Å². The Morgan fingerprint density at radius 3 is 2.60 bits per heavy atom. The van der Waals surface area contributed by atoms with E-state index in [2.05, 4.69) is 27.6 Å². The summed E-state index contributed by atoms with van der Waals surface area (Å²) in [6.45, 7) is 1.87. The molecule has 0 bridgehead atoms. The summed E-state index contributed by atoms with van der Waals surface area (Å²) < 4.78 is 16.2. The van der Waals surface area contributed by atoms with Crippen LogP contribution in [0.25, 0.3) is 11.4 Å². The molecule has 4 rings (SSSR count). The molecule has 1 N–H and O–H groups in total. The van der Waals surface area contributed by atoms with Gasteiger partial charge in [0.25, 0.3) is 5.91 Å². The molecule has 0 saturated carbocycles. The predicted octanol–water partition coefficient (Wildman–Crippen LogP) is 3.71. The standard InChI is InChI=1S/C23H25N3O4/c1-15(29-20-12-7-16-5-3-4-6-18(16)13-20)23(27)24-14-21-25-22(26-30-21)17-8-10-19(28-2)11-9-17/h7-13,15H,3-6,14H2,1-2H3,(H,24,27). The van der Waals surface area contributed by atoms with E-state index in [0.717, 1.165) is 29.9 Å². The molecular weight excluding hydrogens is 382 g/mol. The molecular formula is C23H25N3O4. The number of carbonyl (C=O) groups excluding carboxylic acids is 1. The van der Waals surface area contributed by atoms with E-state index in [1.807, 2.05) is 30.3 Å². The van der Waals surface area contributed by atoms with Crippen molar-refractivity contribution in [1.82, 2.24) is 15.5 Å². The molecule has 0 fully saturated rings. The third-order valence-electron chi connectivity index (χ3n) is 5.23. The van der Waals surface area contributed by atoms with Crippen LogP contribution in [0.4, 0.5) is 0 Å². The number of hydrogen-bond acceptors (Lipinski definition) is 6. The number of hydrogen-bond donors (Lipinski definition) is 1. The minimum absolute atomic E-state index is 0.139. The van der Waals surface area contributed by atoms with E-state index in [0.29, 0.717) is 11.7 Å². The van der Waals surface area contributed by atoms with Gasteiger partial charge in [0.2, 0.25) is 11.7 Å². The molecule has 1 amide bonds. The lowest BCUT2D eigenvalue weighted by molar-refractivity contribution is -0.127. The highest BCUT2D eigenvalue weighted by atomic mass is 16.5. The zero-order valence-electron chi connectivity index (χ0n) is 17.2. The summed E-state index contributed by atoms with van der Waals surface area (Å²) in [4.78, 5) is 16.7.